The normalized spacial score (nSPS) is 17.3. The van der Waals surface area contributed by atoms with Gasteiger partial charge in [-0.15, -0.1) is 11.8 Å². The summed E-state index contributed by atoms with van der Waals surface area (Å²) in [6.07, 6.45) is 3.76. The van der Waals surface area contributed by atoms with Gasteiger partial charge in [0, 0.05) is 142 Å². The number of unbranched alkanes of at least 4 members (excludes halogenated alkanes) is 1. The average Bonchev–Trinajstić information content (AvgIpc) is 3.58. The zero-order chi connectivity index (χ0) is 53.2. The number of benzene rings is 1. The summed E-state index contributed by atoms with van der Waals surface area (Å²) in [5.41, 5.74) is 1.35. The van der Waals surface area contributed by atoms with Crippen LogP contribution in [-0.4, -0.2) is 224 Å². The van der Waals surface area contributed by atoms with E-state index in [0.717, 1.165) is 6.42 Å². The summed E-state index contributed by atoms with van der Waals surface area (Å²) in [7, 11) is 0. The van der Waals surface area contributed by atoms with Crippen LogP contribution in [0, 0.1) is 51.3 Å². The van der Waals surface area contributed by atoms with E-state index in [1.165, 1.54) is 28.4 Å². The van der Waals surface area contributed by atoms with Gasteiger partial charge in [-0.05, 0) is 74.5 Å². The molecule has 25 heteroatoms. The van der Waals surface area contributed by atoms with Crippen molar-refractivity contribution in [3.05, 3.63) is 35.4 Å². The summed E-state index contributed by atoms with van der Waals surface area (Å²) in [6.45, 7) is 2.85. The Hall–Kier alpha value is -3.95. The molecular formula is C48H72GdN8O14S2. The van der Waals surface area contributed by atoms with Crippen molar-refractivity contribution < 1.29 is 108 Å². The first-order valence-corrected chi connectivity index (χ1v) is 26.7. The Morgan fingerprint density at radius 3 is 1.82 bits per heavy atom. The maximum Gasteiger partial charge on any atom is 0.317 e. The van der Waals surface area contributed by atoms with Crippen LogP contribution in [0.5, 0.6) is 0 Å². The molecule has 0 saturated carbocycles. The Bertz CT molecular complexity index is 2040. The standard InChI is InChI=1S/C48H72N8O14S2.Gd/c1-33(49)7-6-23-72-40-27-42(60)56(47(40)68)14-4-3-9-36(48(69)70)26-37(57)11-12-39(58)38(13-24-71-2)51-46(67)35-10-5-8-34(25-35)28-50-41(59)29-52-15-17-53(30-43(61)62)19-21-55(32-45(65)66)22-20-54(18-16-52)31-44(63)64;/h5,8,10,25,36,38,40,49H,3-4,6-7,9,11-24,26-32H2,1-2H3,(H,50,59)(H,51,67)(H,61,62)(H,63,64)(H,65,66)(H,69,70);/t36-,38+,40?;/m1./s1. The Balaban J connectivity index is 0.0000183. The minimum absolute atomic E-state index is 0. The largest absolute Gasteiger partial charge is 0.481 e. The predicted molar refractivity (Wildman–Crippen MR) is 270 cm³/mol. The van der Waals surface area contributed by atoms with Crippen molar-refractivity contribution in [3.8, 4) is 0 Å². The molecule has 2 saturated heterocycles. The van der Waals surface area contributed by atoms with Crippen LogP contribution in [0.2, 0.25) is 0 Å². The predicted octanol–water partition coefficient (Wildman–Crippen LogP) is 1.49. The number of amides is 4. The molecule has 4 amide bonds. The molecule has 2 aliphatic rings. The molecule has 0 aliphatic carbocycles. The summed E-state index contributed by atoms with van der Waals surface area (Å²) >= 11 is 2.88. The first-order chi connectivity index (χ1) is 34.2. The zero-order valence-electron chi connectivity index (χ0n) is 41.7. The Morgan fingerprint density at radius 2 is 1.30 bits per heavy atom. The van der Waals surface area contributed by atoms with Crippen molar-refractivity contribution in [3.63, 3.8) is 0 Å². The van der Waals surface area contributed by atoms with Gasteiger partial charge in [0.05, 0.1) is 43.4 Å². The van der Waals surface area contributed by atoms with E-state index in [1.54, 1.807) is 50.8 Å². The number of ketones is 2. The van der Waals surface area contributed by atoms with E-state index in [2.05, 4.69) is 10.6 Å². The number of nitrogens with one attached hydrogen (secondary N) is 3. The molecule has 3 atom stereocenters. The van der Waals surface area contributed by atoms with Gasteiger partial charge in [0.1, 0.15) is 5.78 Å². The summed E-state index contributed by atoms with van der Waals surface area (Å²) in [4.78, 5) is 133. The summed E-state index contributed by atoms with van der Waals surface area (Å²) in [6, 6.07) is 5.52. The molecule has 408 valence electrons. The topological polar surface area (TPSA) is 316 Å². The first kappa shape index (κ1) is 65.2. The van der Waals surface area contributed by atoms with Crippen molar-refractivity contribution >= 4 is 88.3 Å². The number of carbonyl (C=O) groups excluding carboxylic acids is 6. The molecule has 2 aliphatic heterocycles. The maximum atomic E-state index is 13.5. The first-order valence-electron chi connectivity index (χ1n) is 24.2. The number of imide groups is 1. The number of carbonyl (C=O) groups is 10. The molecule has 3 rings (SSSR count). The molecule has 22 nitrogen and oxygen atoms in total. The number of rotatable bonds is 32. The molecule has 73 heavy (non-hydrogen) atoms. The van der Waals surface area contributed by atoms with E-state index < -0.39 is 52.8 Å². The summed E-state index contributed by atoms with van der Waals surface area (Å²) < 4.78 is 0. The van der Waals surface area contributed by atoms with Gasteiger partial charge in [-0.1, -0.05) is 18.6 Å². The van der Waals surface area contributed by atoms with E-state index in [1.807, 2.05) is 6.26 Å². The average molecular weight is 1210 g/mol. The minimum atomic E-state index is -1.16. The molecule has 1 aromatic carbocycles. The Morgan fingerprint density at radius 1 is 0.740 bits per heavy atom. The van der Waals surface area contributed by atoms with Gasteiger partial charge < -0.3 is 36.5 Å². The molecule has 0 spiro atoms. The molecule has 2 fully saturated rings. The zero-order valence-corrected chi connectivity index (χ0v) is 45.6. The summed E-state index contributed by atoms with van der Waals surface area (Å²) in [5.74, 6) is -6.46. The minimum Gasteiger partial charge on any atom is -0.481 e. The molecule has 0 radical (unpaired) electrons. The monoisotopic (exact) mass is 1210 g/mol. The Labute approximate surface area is 467 Å². The Kier molecular flexibility index (Phi) is 31.5. The SMILES string of the molecule is CSCC[C@H](NC(=O)c1cccc(CNC(=O)CN2CCN(CC(=O)O)CCN(CC(=O)O)CCN(CC(=O)O)CC2)c1)C(=O)CCC(=O)C[C@@H](CCCCN1C(=O)CC(SCCCC(C)=N)C1=O)C(=O)O.[Gd]. The number of nitrogens with zero attached hydrogens (tertiary/aromatic N) is 5. The van der Waals surface area contributed by atoms with Crippen molar-refractivity contribution in [1.82, 2.24) is 35.1 Å². The van der Waals surface area contributed by atoms with E-state index >= 15 is 0 Å². The quantitative estimate of drug-likeness (QED) is 0.0305. The van der Waals surface area contributed by atoms with E-state index in [0.29, 0.717) is 42.0 Å². The fraction of sp³-hybridized carbons (Fsp3) is 0.646. The molecule has 0 bridgehead atoms. The van der Waals surface area contributed by atoms with Crippen LogP contribution in [0.25, 0.3) is 0 Å². The third-order valence-electron chi connectivity index (χ3n) is 12.2. The van der Waals surface area contributed by atoms with E-state index in [4.69, 9.17) is 5.41 Å². The van der Waals surface area contributed by atoms with Crippen LogP contribution < -0.4 is 10.6 Å². The second-order valence-electron chi connectivity index (χ2n) is 18.1. The number of carboxylic acid groups (broad SMARTS) is 4. The molecule has 7 N–H and O–H groups in total. The van der Waals surface area contributed by atoms with Gasteiger partial charge in [0.25, 0.3) is 5.91 Å². The third-order valence-corrected chi connectivity index (χ3v) is 14.2. The van der Waals surface area contributed by atoms with Crippen LogP contribution in [-0.2, 0) is 49.7 Å². The maximum absolute atomic E-state index is 13.5. The van der Waals surface area contributed by atoms with Crippen LogP contribution in [0.3, 0.4) is 0 Å². The second-order valence-corrected chi connectivity index (χ2v) is 20.4. The molecule has 1 aromatic rings. The van der Waals surface area contributed by atoms with Gasteiger partial charge >= 0.3 is 23.9 Å². The van der Waals surface area contributed by atoms with Gasteiger partial charge in [-0.25, -0.2) is 0 Å². The molecule has 2 heterocycles. The smallest absolute Gasteiger partial charge is 0.317 e. The van der Waals surface area contributed by atoms with Crippen LogP contribution >= 0.6 is 23.5 Å². The van der Waals surface area contributed by atoms with Crippen molar-refractivity contribution in [2.75, 3.05) is 103 Å². The van der Waals surface area contributed by atoms with Crippen molar-refractivity contribution in [2.45, 2.75) is 89.0 Å². The van der Waals surface area contributed by atoms with E-state index in [9.17, 15) is 68.4 Å². The number of hydrogen-bond acceptors (Lipinski definition) is 17. The second kappa shape index (κ2) is 35.3. The molecular weight excluding hydrogens is 1130 g/mol. The van der Waals surface area contributed by atoms with Gasteiger partial charge in [0.15, 0.2) is 5.78 Å². The van der Waals surface area contributed by atoms with Crippen LogP contribution in [0.4, 0.5) is 0 Å². The van der Waals surface area contributed by atoms with Gasteiger partial charge in [-0.2, -0.15) is 11.8 Å². The number of Topliss-reactive ketones (excluding diaryl/α,β-unsaturated/α-hetero) is 2. The van der Waals surface area contributed by atoms with Gasteiger partial charge in [-0.3, -0.25) is 72.4 Å². The fourth-order valence-corrected chi connectivity index (χ4v) is 9.82. The number of thioether (sulfide) groups is 2. The van der Waals surface area contributed by atoms with Crippen LogP contribution in [0.1, 0.15) is 87.1 Å². The van der Waals surface area contributed by atoms with Crippen LogP contribution in [0.15, 0.2) is 24.3 Å². The number of likely N-dealkylation sites (tertiary alicyclic amines) is 1. The molecule has 0 aromatic heterocycles. The number of carboxylic acids is 4. The molecule has 1 unspecified atom stereocenters. The van der Waals surface area contributed by atoms with Gasteiger partial charge in [0.2, 0.25) is 17.7 Å². The van der Waals surface area contributed by atoms with Crippen molar-refractivity contribution in [2.24, 2.45) is 5.92 Å². The number of hydrogen-bond donors (Lipinski definition) is 7. The number of aliphatic carboxylic acids is 4. The van der Waals surface area contributed by atoms with Crippen molar-refractivity contribution in [1.29, 1.82) is 5.41 Å². The fourth-order valence-electron chi connectivity index (χ4n) is 8.23. The third kappa shape index (κ3) is 26.4. The summed E-state index contributed by atoms with van der Waals surface area (Å²) in [5, 5.41) is 51.0. The van der Waals surface area contributed by atoms with E-state index in [-0.39, 0.29) is 199 Å².